The van der Waals surface area contributed by atoms with Crippen molar-refractivity contribution in [2.45, 2.75) is 31.8 Å². The number of sulfonamides is 1. The predicted molar refractivity (Wildman–Crippen MR) is 86.9 cm³/mol. The Hall–Kier alpha value is -0.670. The molecular weight excluding hydrogens is 376 g/mol. The second-order valence-electron chi connectivity index (χ2n) is 4.47. The van der Waals surface area contributed by atoms with Crippen molar-refractivity contribution in [2.24, 2.45) is 0 Å². The fourth-order valence-electron chi connectivity index (χ4n) is 1.74. The maximum absolute atomic E-state index is 12.3. The molecule has 0 unspecified atom stereocenters. The van der Waals surface area contributed by atoms with Gasteiger partial charge < -0.3 is 9.73 Å². The zero-order valence-electron chi connectivity index (χ0n) is 11.8. The van der Waals surface area contributed by atoms with Gasteiger partial charge in [0, 0.05) is 22.4 Å². The Morgan fingerprint density at radius 3 is 2.71 bits per heavy atom. The van der Waals surface area contributed by atoms with Crippen molar-refractivity contribution >= 4 is 37.3 Å². The minimum Gasteiger partial charge on any atom is -0.452 e. The van der Waals surface area contributed by atoms with Crippen molar-refractivity contribution in [1.82, 2.24) is 10.0 Å². The van der Waals surface area contributed by atoms with Crippen molar-refractivity contribution in [1.29, 1.82) is 0 Å². The highest BCUT2D eigenvalue weighted by Gasteiger charge is 2.22. The van der Waals surface area contributed by atoms with Crippen LogP contribution in [-0.4, -0.2) is 15.0 Å². The van der Waals surface area contributed by atoms with Gasteiger partial charge in [0.15, 0.2) is 4.67 Å². The lowest BCUT2D eigenvalue weighted by molar-refractivity contribution is 0.464. The molecule has 0 aliphatic rings. The fraction of sp³-hybridized carbons (Fsp3) is 0.385. The second kappa shape index (κ2) is 7.06. The summed E-state index contributed by atoms with van der Waals surface area (Å²) in [6, 6.07) is 5.43. The summed E-state index contributed by atoms with van der Waals surface area (Å²) in [5.41, 5.74) is 0. The van der Waals surface area contributed by atoms with Gasteiger partial charge >= 0.3 is 0 Å². The SMILES string of the molecule is CCNCc1cc(S(=O)(=O)NCc2ccc(C)s2)c(Br)o1. The number of thiophene rings is 1. The number of halogens is 1. The smallest absolute Gasteiger partial charge is 0.245 e. The van der Waals surface area contributed by atoms with Gasteiger partial charge in [0.2, 0.25) is 10.0 Å². The number of hydrogen-bond donors (Lipinski definition) is 2. The molecule has 0 amide bonds. The molecule has 21 heavy (non-hydrogen) atoms. The van der Waals surface area contributed by atoms with Crippen LogP contribution in [0.15, 0.2) is 32.2 Å². The van der Waals surface area contributed by atoms with Gasteiger partial charge in [-0.2, -0.15) is 0 Å². The van der Waals surface area contributed by atoms with Gasteiger partial charge in [-0.25, -0.2) is 13.1 Å². The summed E-state index contributed by atoms with van der Waals surface area (Å²) in [6.45, 7) is 5.52. The number of nitrogens with one attached hydrogen (secondary N) is 2. The summed E-state index contributed by atoms with van der Waals surface area (Å²) < 4.78 is 32.8. The summed E-state index contributed by atoms with van der Waals surface area (Å²) in [6.07, 6.45) is 0. The highest BCUT2D eigenvalue weighted by atomic mass is 79.9. The molecule has 0 bridgehead atoms. The Morgan fingerprint density at radius 2 is 2.10 bits per heavy atom. The van der Waals surface area contributed by atoms with Gasteiger partial charge in [0.25, 0.3) is 0 Å². The maximum Gasteiger partial charge on any atom is 0.245 e. The predicted octanol–water partition coefficient (Wildman–Crippen LogP) is 3.00. The van der Waals surface area contributed by atoms with Crippen molar-refractivity contribution in [2.75, 3.05) is 6.54 Å². The summed E-state index contributed by atoms with van der Waals surface area (Å²) in [5, 5.41) is 3.09. The van der Waals surface area contributed by atoms with E-state index in [1.54, 1.807) is 11.3 Å². The van der Waals surface area contributed by atoms with Crippen LogP contribution in [0.1, 0.15) is 22.4 Å². The van der Waals surface area contributed by atoms with Crippen LogP contribution in [0.25, 0.3) is 0 Å². The number of furan rings is 1. The summed E-state index contributed by atoms with van der Waals surface area (Å²) in [7, 11) is -3.60. The molecule has 2 heterocycles. The molecule has 116 valence electrons. The Bertz CT molecular complexity index is 707. The molecule has 0 aliphatic heterocycles. The largest absolute Gasteiger partial charge is 0.452 e. The molecule has 8 heteroatoms. The molecule has 5 nitrogen and oxygen atoms in total. The topological polar surface area (TPSA) is 71.3 Å². The maximum atomic E-state index is 12.3. The lowest BCUT2D eigenvalue weighted by atomic mass is 10.4. The number of aryl methyl sites for hydroxylation is 1. The van der Waals surface area contributed by atoms with E-state index in [0.717, 1.165) is 16.3 Å². The molecule has 2 aromatic heterocycles. The van der Waals surface area contributed by atoms with Crippen molar-refractivity contribution in [3.8, 4) is 0 Å². The quantitative estimate of drug-likeness (QED) is 0.759. The molecule has 2 N–H and O–H groups in total. The van der Waals surface area contributed by atoms with Crippen LogP contribution < -0.4 is 10.0 Å². The molecule has 2 rings (SSSR count). The van der Waals surface area contributed by atoms with E-state index in [-0.39, 0.29) is 16.1 Å². The van der Waals surface area contributed by atoms with E-state index in [1.807, 2.05) is 26.0 Å². The Balaban J connectivity index is 2.09. The average molecular weight is 393 g/mol. The third kappa shape index (κ3) is 4.40. The molecule has 0 spiro atoms. The molecular formula is C13H17BrN2O3S2. The van der Waals surface area contributed by atoms with Gasteiger partial charge in [0.1, 0.15) is 10.7 Å². The zero-order valence-corrected chi connectivity index (χ0v) is 15.0. The summed E-state index contributed by atoms with van der Waals surface area (Å²) in [5.74, 6) is 0.580. The van der Waals surface area contributed by atoms with Crippen LogP contribution >= 0.6 is 27.3 Å². The van der Waals surface area contributed by atoms with E-state index < -0.39 is 10.0 Å². The van der Waals surface area contributed by atoms with E-state index in [1.165, 1.54) is 6.07 Å². The van der Waals surface area contributed by atoms with E-state index in [9.17, 15) is 8.42 Å². The third-order valence-corrected chi connectivity index (χ3v) is 6.04. The second-order valence-corrected chi connectivity index (χ2v) is 8.30. The van der Waals surface area contributed by atoms with Gasteiger partial charge in [-0.05, 0) is 41.5 Å². The first-order chi connectivity index (χ1) is 9.92. The summed E-state index contributed by atoms with van der Waals surface area (Å²) in [4.78, 5) is 2.26. The minimum atomic E-state index is -3.60. The van der Waals surface area contributed by atoms with Crippen molar-refractivity contribution in [3.05, 3.63) is 38.4 Å². The zero-order chi connectivity index (χ0) is 15.5. The monoisotopic (exact) mass is 392 g/mol. The lowest BCUT2D eigenvalue weighted by Crippen LogP contribution is -2.22. The van der Waals surface area contributed by atoms with Gasteiger partial charge in [-0.1, -0.05) is 6.92 Å². The highest BCUT2D eigenvalue weighted by Crippen LogP contribution is 2.26. The summed E-state index contributed by atoms with van der Waals surface area (Å²) >= 11 is 4.74. The fourth-order valence-corrected chi connectivity index (χ4v) is 4.66. The lowest BCUT2D eigenvalue weighted by Gasteiger charge is -2.03. The minimum absolute atomic E-state index is 0.128. The molecule has 0 saturated carbocycles. The Morgan fingerprint density at radius 1 is 1.33 bits per heavy atom. The van der Waals surface area contributed by atoms with Crippen LogP contribution in [-0.2, 0) is 23.1 Å². The molecule has 0 atom stereocenters. The van der Waals surface area contributed by atoms with E-state index in [4.69, 9.17) is 4.42 Å². The Labute approximate surface area is 136 Å². The van der Waals surface area contributed by atoms with Crippen LogP contribution in [0, 0.1) is 6.92 Å². The van der Waals surface area contributed by atoms with E-state index in [2.05, 4.69) is 26.0 Å². The first-order valence-electron chi connectivity index (χ1n) is 6.46. The van der Waals surface area contributed by atoms with Gasteiger partial charge in [-0.3, -0.25) is 0 Å². The molecule has 0 fully saturated rings. The Kier molecular flexibility index (Phi) is 5.61. The van der Waals surface area contributed by atoms with Crippen LogP contribution in [0.3, 0.4) is 0 Å². The van der Waals surface area contributed by atoms with Crippen LogP contribution in [0.4, 0.5) is 0 Å². The average Bonchev–Trinajstić information content (AvgIpc) is 3.00. The first-order valence-corrected chi connectivity index (χ1v) is 9.55. The highest BCUT2D eigenvalue weighted by molar-refractivity contribution is 9.10. The van der Waals surface area contributed by atoms with Crippen molar-refractivity contribution < 1.29 is 12.8 Å². The van der Waals surface area contributed by atoms with Crippen LogP contribution in [0.2, 0.25) is 0 Å². The number of rotatable bonds is 7. The van der Waals surface area contributed by atoms with Crippen LogP contribution in [0.5, 0.6) is 0 Å². The third-order valence-electron chi connectivity index (χ3n) is 2.78. The van der Waals surface area contributed by atoms with E-state index in [0.29, 0.717) is 12.3 Å². The molecule has 0 aromatic carbocycles. The molecule has 0 radical (unpaired) electrons. The van der Waals surface area contributed by atoms with Gasteiger partial charge in [0.05, 0.1) is 6.54 Å². The molecule has 2 aromatic rings. The standard InChI is InChI=1S/C13H17BrN2O3S2/c1-3-15-7-10-6-12(13(14)19-10)21(17,18)16-8-11-5-4-9(2)20-11/h4-6,15-16H,3,7-8H2,1-2H3. The van der Waals surface area contributed by atoms with Gasteiger partial charge in [-0.15, -0.1) is 11.3 Å². The normalized spacial score (nSPS) is 12.0. The van der Waals surface area contributed by atoms with E-state index >= 15 is 0 Å². The van der Waals surface area contributed by atoms with Crippen molar-refractivity contribution in [3.63, 3.8) is 0 Å². The number of hydrogen-bond acceptors (Lipinski definition) is 5. The molecule has 0 saturated heterocycles. The first kappa shape index (κ1) is 16.7. The molecule has 0 aliphatic carbocycles.